The first-order valence-corrected chi connectivity index (χ1v) is 16.4. The molecule has 10 aromatic rings. The molecule has 1 N–H and O–H groups in total. The number of hydrogen-bond acceptors (Lipinski definition) is 1. The molecule has 5 heteroatoms. The van der Waals surface area contributed by atoms with Crippen molar-refractivity contribution in [3.8, 4) is 5.82 Å². The summed E-state index contributed by atoms with van der Waals surface area (Å²) < 4.78 is 4.69. The van der Waals surface area contributed by atoms with Crippen LogP contribution < -0.4 is 5.44 Å². The summed E-state index contributed by atoms with van der Waals surface area (Å²) in [5.41, 5.74) is 8.36. The minimum absolute atomic E-state index is 0.406. The number of hydrogen-bond donors (Lipinski definition) is 1. The molecule has 0 aliphatic rings. The van der Waals surface area contributed by atoms with E-state index < -0.39 is 0 Å². The SMILES string of the molecule is c1cc(Pn2c3ccccc3c3ccccc32)nc(-n2c3ccccc3c3ccccc32)c1.c1ccc2c(c1)[nH]c1ccccc12. The molecule has 4 heterocycles. The van der Waals surface area contributed by atoms with Gasteiger partial charge in [-0.1, -0.05) is 115 Å². The number of aromatic amines is 1. The van der Waals surface area contributed by atoms with Crippen molar-refractivity contribution in [2.75, 3.05) is 0 Å². The standard InChI is InChI=1S/C29H20N3P.C12H9N/c1-5-14-24-20(10-1)21-11-2-6-15-25(21)31(24)28-18-9-19-29(30-28)33-32-26-16-7-3-12-22(26)23-13-4-8-17-27(23)32;1-3-7-11-9(5-1)10-6-2-4-8-12(10)13-11/h1-19,33H;1-8,13H. The van der Waals surface area contributed by atoms with Gasteiger partial charge in [0.2, 0.25) is 0 Å². The van der Waals surface area contributed by atoms with Crippen LogP contribution in [0.2, 0.25) is 0 Å². The van der Waals surface area contributed by atoms with Crippen LogP contribution in [0.15, 0.2) is 164 Å². The van der Waals surface area contributed by atoms with E-state index in [4.69, 9.17) is 4.98 Å². The van der Waals surface area contributed by atoms with Crippen molar-refractivity contribution in [1.29, 1.82) is 0 Å². The maximum absolute atomic E-state index is 5.16. The summed E-state index contributed by atoms with van der Waals surface area (Å²) in [5.74, 6) is 0.957. The summed E-state index contributed by atoms with van der Waals surface area (Å²) in [5, 5.41) is 7.70. The number of nitrogens with zero attached hydrogens (tertiary/aromatic N) is 3. The minimum atomic E-state index is 0.406. The molecule has 4 nitrogen and oxygen atoms in total. The monoisotopic (exact) mass is 608 g/mol. The van der Waals surface area contributed by atoms with E-state index in [2.05, 4.69) is 178 Å². The third-order valence-corrected chi connectivity index (χ3v) is 9.98. The topological polar surface area (TPSA) is 38.5 Å². The highest BCUT2D eigenvalue weighted by atomic mass is 31.1. The molecule has 0 fully saturated rings. The van der Waals surface area contributed by atoms with Gasteiger partial charge in [0.15, 0.2) is 0 Å². The van der Waals surface area contributed by atoms with Crippen molar-refractivity contribution >= 4 is 79.6 Å². The molecular weight excluding hydrogens is 579 g/mol. The van der Waals surface area contributed by atoms with Gasteiger partial charge in [-0.25, -0.2) is 4.98 Å². The summed E-state index contributed by atoms with van der Waals surface area (Å²) in [7, 11) is 0.406. The normalized spacial score (nSPS) is 11.8. The Hall–Kier alpha value is -5.70. The molecule has 0 amide bonds. The Balaban J connectivity index is 0.000000187. The van der Waals surface area contributed by atoms with E-state index in [0.29, 0.717) is 8.73 Å². The number of aromatic nitrogens is 4. The van der Waals surface area contributed by atoms with Gasteiger partial charge in [-0.15, -0.1) is 0 Å². The van der Waals surface area contributed by atoms with Crippen molar-refractivity contribution in [3.63, 3.8) is 0 Å². The number of nitrogens with one attached hydrogen (secondary N) is 1. The molecule has 0 saturated carbocycles. The molecule has 1 atom stereocenters. The molecule has 46 heavy (non-hydrogen) atoms. The Morgan fingerprint density at radius 3 is 1.33 bits per heavy atom. The van der Waals surface area contributed by atoms with Gasteiger partial charge in [-0.2, -0.15) is 0 Å². The maximum atomic E-state index is 5.16. The fraction of sp³-hybridized carbons (Fsp3) is 0. The zero-order chi connectivity index (χ0) is 30.5. The number of fused-ring (bicyclic) bond motifs is 9. The molecule has 218 valence electrons. The minimum Gasteiger partial charge on any atom is -0.355 e. The summed E-state index contributed by atoms with van der Waals surface area (Å²) in [4.78, 5) is 8.54. The second-order valence-electron chi connectivity index (χ2n) is 11.4. The van der Waals surface area contributed by atoms with Crippen molar-refractivity contribution < 1.29 is 0 Å². The Bertz CT molecular complexity index is 2540. The molecule has 0 saturated heterocycles. The van der Waals surface area contributed by atoms with Gasteiger partial charge in [-0.3, -0.25) is 4.57 Å². The largest absolute Gasteiger partial charge is 0.355 e. The van der Waals surface area contributed by atoms with Gasteiger partial charge in [0.05, 0.1) is 27.5 Å². The van der Waals surface area contributed by atoms with E-state index in [1.165, 1.54) is 65.4 Å². The van der Waals surface area contributed by atoms with E-state index in [-0.39, 0.29) is 0 Å². The van der Waals surface area contributed by atoms with Gasteiger partial charge in [0.1, 0.15) is 5.82 Å². The fourth-order valence-electron chi connectivity index (χ4n) is 6.74. The average Bonchev–Trinajstić information content (AvgIpc) is 3.77. The van der Waals surface area contributed by atoms with Crippen LogP contribution in [0.1, 0.15) is 0 Å². The molecule has 0 spiro atoms. The number of benzene rings is 6. The summed E-state index contributed by atoms with van der Waals surface area (Å²) in [6, 6.07) is 57.6. The zero-order valence-corrected chi connectivity index (χ0v) is 25.9. The number of H-pyrrole nitrogens is 1. The molecule has 6 aromatic carbocycles. The average molecular weight is 609 g/mol. The molecule has 0 bridgehead atoms. The second-order valence-corrected chi connectivity index (χ2v) is 12.6. The predicted octanol–water partition coefficient (Wildman–Crippen LogP) is 10.4. The van der Waals surface area contributed by atoms with Crippen LogP contribution in [0, 0.1) is 0 Å². The van der Waals surface area contributed by atoms with Crippen LogP contribution >= 0.6 is 8.73 Å². The Morgan fingerprint density at radius 2 is 0.804 bits per heavy atom. The Labute approximate surface area is 267 Å². The summed E-state index contributed by atoms with van der Waals surface area (Å²) in [6.45, 7) is 0. The van der Waals surface area contributed by atoms with Crippen LogP contribution in [-0.2, 0) is 0 Å². The molecule has 1 unspecified atom stereocenters. The van der Waals surface area contributed by atoms with Crippen molar-refractivity contribution in [3.05, 3.63) is 164 Å². The summed E-state index contributed by atoms with van der Waals surface area (Å²) in [6.07, 6.45) is 0. The van der Waals surface area contributed by atoms with E-state index in [1.54, 1.807) is 0 Å². The van der Waals surface area contributed by atoms with Gasteiger partial charge in [0.25, 0.3) is 0 Å². The lowest BCUT2D eigenvalue weighted by Crippen LogP contribution is -2.08. The van der Waals surface area contributed by atoms with Crippen LogP contribution in [0.4, 0.5) is 0 Å². The lowest BCUT2D eigenvalue weighted by Gasteiger charge is -2.11. The number of rotatable bonds is 3. The Morgan fingerprint density at radius 1 is 0.391 bits per heavy atom. The van der Waals surface area contributed by atoms with Crippen LogP contribution in [0.5, 0.6) is 0 Å². The summed E-state index contributed by atoms with van der Waals surface area (Å²) >= 11 is 0. The molecule has 0 aliphatic heterocycles. The third-order valence-electron chi connectivity index (χ3n) is 8.76. The molecule has 10 rings (SSSR count). The number of para-hydroxylation sites is 6. The quantitative estimate of drug-likeness (QED) is 0.199. The molecule has 0 radical (unpaired) electrons. The predicted molar refractivity (Wildman–Crippen MR) is 197 cm³/mol. The highest BCUT2D eigenvalue weighted by molar-refractivity contribution is 7.45. The lowest BCUT2D eigenvalue weighted by atomic mass is 10.2. The van der Waals surface area contributed by atoms with Crippen molar-refractivity contribution in [2.24, 2.45) is 0 Å². The second kappa shape index (κ2) is 11.0. The van der Waals surface area contributed by atoms with Crippen LogP contribution in [-0.4, -0.2) is 18.9 Å². The van der Waals surface area contributed by atoms with E-state index >= 15 is 0 Å². The van der Waals surface area contributed by atoms with Crippen LogP contribution in [0.25, 0.3) is 71.2 Å². The molecular formula is C41H29N4P. The van der Waals surface area contributed by atoms with Gasteiger partial charge in [0, 0.05) is 52.1 Å². The van der Waals surface area contributed by atoms with Crippen LogP contribution in [0.3, 0.4) is 0 Å². The first-order chi connectivity index (χ1) is 22.8. The zero-order valence-electron chi connectivity index (χ0n) is 24.9. The van der Waals surface area contributed by atoms with E-state index in [1.807, 2.05) is 0 Å². The molecule has 4 aromatic heterocycles. The maximum Gasteiger partial charge on any atom is 0.138 e. The molecule has 0 aliphatic carbocycles. The third kappa shape index (κ3) is 4.38. The smallest absolute Gasteiger partial charge is 0.138 e. The van der Waals surface area contributed by atoms with Gasteiger partial charge < -0.3 is 9.32 Å². The fourth-order valence-corrected chi connectivity index (χ4v) is 7.93. The highest BCUT2D eigenvalue weighted by Crippen LogP contribution is 2.35. The van der Waals surface area contributed by atoms with Gasteiger partial charge in [-0.05, 0) is 48.5 Å². The van der Waals surface area contributed by atoms with Crippen molar-refractivity contribution in [1.82, 2.24) is 18.9 Å². The first kappa shape index (κ1) is 26.7. The lowest BCUT2D eigenvalue weighted by molar-refractivity contribution is 1.09. The van der Waals surface area contributed by atoms with Crippen molar-refractivity contribution in [2.45, 2.75) is 0 Å². The van der Waals surface area contributed by atoms with E-state index in [9.17, 15) is 0 Å². The Kier molecular flexibility index (Phi) is 6.40. The highest BCUT2D eigenvalue weighted by Gasteiger charge is 2.14. The van der Waals surface area contributed by atoms with Gasteiger partial charge >= 0.3 is 0 Å². The number of pyridine rings is 1. The van der Waals surface area contributed by atoms with E-state index in [0.717, 1.165) is 11.3 Å². The first-order valence-electron chi connectivity index (χ1n) is 15.5.